The molecule has 0 saturated heterocycles. The Bertz CT molecular complexity index is 1090. The minimum absolute atomic E-state index is 0.557. The molecule has 4 aromatic rings. The molecule has 4 aromatic carbocycles. The van der Waals surface area contributed by atoms with E-state index in [1.807, 2.05) is 31.2 Å². The van der Waals surface area contributed by atoms with Gasteiger partial charge in [-0.05, 0) is 73.5 Å². The maximum absolute atomic E-state index is 9.67. The molecule has 0 saturated carbocycles. The van der Waals surface area contributed by atoms with Gasteiger partial charge in [-0.15, -0.1) is 0 Å². The smallest absolute Gasteiger partial charge is 0.197 e. The maximum atomic E-state index is 9.67. The van der Waals surface area contributed by atoms with Crippen molar-refractivity contribution < 1.29 is 9.84 Å². The van der Waals surface area contributed by atoms with E-state index in [1.54, 1.807) is 0 Å². The normalized spacial score (nSPS) is 11.8. The van der Waals surface area contributed by atoms with Crippen molar-refractivity contribution in [3.05, 3.63) is 108 Å². The zero-order valence-corrected chi connectivity index (χ0v) is 18.8. The highest BCUT2D eigenvalue weighted by atomic mass is 16.6. The standard InChI is InChI=1S/C29H29NO2/c1-4-29(31)32-28-19-11-24(12-20-28)23-9-17-27(18-10-23)30(25-13-5-21(2)6-14-25)26-15-7-22(3)8-16-26/h5-20,29,31H,4H2,1-3H3. The Morgan fingerprint density at radius 3 is 1.41 bits per heavy atom. The van der Waals surface area contributed by atoms with E-state index in [-0.39, 0.29) is 0 Å². The SMILES string of the molecule is CCC(O)Oc1ccc(-c2ccc(N(c3ccc(C)cc3)c3ccc(C)cc3)cc2)cc1. The van der Waals surface area contributed by atoms with Crippen molar-refractivity contribution in [2.75, 3.05) is 4.90 Å². The molecule has 0 fully saturated rings. The Hall–Kier alpha value is -3.56. The highest BCUT2D eigenvalue weighted by molar-refractivity contribution is 5.78. The second-order valence-corrected chi connectivity index (χ2v) is 8.06. The fourth-order valence-electron chi connectivity index (χ4n) is 3.60. The number of anilines is 3. The second-order valence-electron chi connectivity index (χ2n) is 8.06. The Kier molecular flexibility index (Phi) is 6.58. The van der Waals surface area contributed by atoms with Crippen LogP contribution in [0, 0.1) is 13.8 Å². The van der Waals surface area contributed by atoms with Crippen molar-refractivity contribution in [1.29, 1.82) is 0 Å². The molecule has 32 heavy (non-hydrogen) atoms. The molecule has 0 aliphatic carbocycles. The first kappa shape index (κ1) is 21.7. The quantitative estimate of drug-likeness (QED) is 0.312. The number of aryl methyl sites for hydroxylation is 2. The van der Waals surface area contributed by atoms with Crippen molar-refractivity contribution in [3.8, 4) is 16.9 Å². The van der Waals surface area contributed by atoms with Gasteiger partial charge in [0.05, 0.1) is 0 Å². The molecular formula is C29H29NO2. The summed E-state index contributed by atoms with van der Waals surface area (Å²) in [5.74, 6) is 0.671. The predicted octanol–water partition coefficient (Wildman–Crippen LogP) is 7.55. The van der Waals surface area contributed by atoms with Crippen molar-refractivity contribution in [3.63, 3.8) is 0 Å². The molecule has 0 amide bonds. The summed E-state index contributed by atoms with van der Waals surface area (Å²) in [7, 11) is 0. The van der Waals surface area contributed by atoms with Gasteiger partial charge in [-0.2, -0.15) is 0 Å². The lowest BCUT2D eigenvalue weighted by Crippen LogP contribution is -2.13. The van der Waals surface area contributed by atoms with E-state index in [0.29, 0.717) is 12.2 Å². The number of aliphatic hydroxyl groups is 1. The van der Waals surface area contributed by atoms with E-state index in [4.69, 9.17) is 4.74 Å². The molecule has 3 heteroatoms. The number of aliphatic hydroxyl groups excluding tert-OH is 1. The van der Waals surface area contributed by atoms with Gasteiger partial charge in [0.1, 0.15) is 5.75 Å². The first-order chi connectivity index (χ1) is 15.5. The van der Waals surface area contributed by atoms with E-state index in [9.17, 15) is 5.11 Å². The minimum atomic E-state index is -0.769. The minimum Gasteiger partial charge on any atom is -0.465 e. The molecule has 4 rings (SSSR count). The average Bonchev–Trinajstić information content (AvgIpc) is 2.82. The lowest BCUT2D eigenvalue weighted by atomic mass is 10.0. The van der Waals surface area contributed by atoms with Crippen LogP contribution in [0.4, 0.5) is 17.1 Å². The van der Waals surface area contributed by atoms with E-state index < -0.39 is 6.29 Å². The zero-order chi connectivity index (χ0) is 22.5. The number of rotatable bonds is 7. The first-order valence-electron chi connectivity index (χ1n) is 11.0. The third-order valence-corrected chi connectivity index (χ3v) is 5.52. The maximum Gasteiger partial charge on any atom is 0.197 e. The summed E-state index contributed by atoms with van der Waals surface area (Å²) >= 11 is 0. The number of nitrogens with zero attached hydrogens (tertiary/aromatic N) is 1. The van der Waals surface area contributed by atoms with Crippen molar-refractivity contribution in [2.45, 2.75) is 33.5 Å². The summed E-state index contributed by atoms with van der Waals surface area (Å²) in [5, 5.41) is 9.67. The number of hydrogen-bond donors (Lipinski definition) is 1. The lowest BCUT2D eigenvalue weighted by molar-refractivity contribution is -0.0191. The van der Waals surface area contributed by atoms with Gasteiger partial charge in [-0.3, -0.25) is 0 Å². The van der Waals surface area contributed by atoms with Crippen LogP contribution in [0.5, 0.6) is 5.75 Å². The molecule has 162 valence electrons. The van der Waals surface area contributed by atoms with E-state index in [1.165, 1.54) is 11.1 Å². The van der Waals surface area contributed by atoms with Crippen LogP contribution in [-0.4, -0.2) is 11.4 Å². The van der Waals surface area contributed by atoms with Gasteiger partial charge in [0.15, 0.2) is 6.29 Å². The van der Waals surface area contributed by atoms with Crippen LogP contribution >= 0.6 is 0 Å². The fraction of sp³-hybridized carbons (Fsp3) is 0.172. The van der Waals surface area contributed by atoms with Crippen LogP contribution < -0.4 is 9.64 Å². The average molecular weight is 424 g/mol. The molecule has 0 aromatic heterocycles. The van der Waals surface area contributed by atoms with Crippen molar-refractivity contribution in [2.24, 2.45) is 0 Å². The summed E-state index contributed by atoms with van der Waals surface area (Å²) in [4.78, 5) is 2.27. The number of hydrogen-bond acceptors (Lipinski definition) is 3. The molecule has 0 heterocycles. The highest BCUT2D eigenvalue weighted by Crippen LogP contribution is 2.36. The van der Waals surface area contributed by atoms with Crippen LogP contribution in [0.2, 0.25) is 0 Å². The van der Waals surface area contributed by atoms with Gasteiger partial charge in [0.25, 0.3) is 0 Å². The first-order valence-corrected chi connectivity index (χ1v) is 11.0. The summed E-state index contributed by atoms with van der Waals surface area (Å²) in [6, 6.07) is 33.6. The van der Waals surface area contributed by atoms with E-state index in [0.717, 1.165) is 28.2 Å². The van der Waals surface area contributed by atoms with Crippen LogP contribution in [0.1, 0.15) is 24.5 Å². The Morgan fingerprint density at radius 2 is 1.00 bits per heavy atom. The van der Waals surface area contributed by atoms with Crippen LogP contribution in [-0.2, 0) is 0 Å². The summed E-state index contributed by atoms with van der Waals surface area (Å²) < 4.78 is 5.47. The van der Waals surface area contributed by atoms with Crippen molar-refractivity contribution >= 4 is 17.1 Å². The van der Waals surface area contributed by atoms with Gasteiger partial charge in [-0.25, -0.2) is 0 Å². The summed E-state index contributed by atoms with van der Waals surface area (Å²) in [6.07, 6.45) is -0.212. The zero-order valence-electron chi connectivity index (χ0n) is 18.8. The van der Waals surface area contributed by atoms with Crippen LogP contribution in [0.25, 0.3) is 11.1 Å². The molecule has 0 radical (unpaired) electrons. The molecule has 0 spiro atoms. The van der Waals surface area contributed by atoms with Gasteiger partial charge >= 0.3 is 0 Å². The molecule has 1 atom stereocenters. The summed E-state index contributed by atoms with van der Waals surface area (Å²) in [5.41, 5.74) is 8.08. The van der Waals surface area contributed by atoms with Crippen molar-refractivity contribution in [1.82, 2.24) is 0 Å². The largest absolute Gasteiger partial charge is 0.465 e. The summed E-state index contributed by atoms with van der Waals surface area (Å²) in [6.45, 7) is 6.10. The molecule has 0 bridgehead atoms. The van der Waals surface area contributed by atoms with Gasteiger partial charge < -0.3 is 14.7 Å². The lowest BCUT2D eigenvalue weighted by Gasteiger charge is -2.26. The monoisotopic (exact) mass is 423 g/mol. The van der Waals surface area contributed by atoms with E-state index in [2.05, 4.69) is 91.5 Å². The topological polar surface area (TPSA) is 32.7 Å². The van der Waals surface area contributed by atoms with Gasteiger partial charge in [0, 0.05) is 23.5 Å². The molecule has 0 aliphatic heterocycles. The molecule has 3 nitrogen and oxygen atoms in total. The highest BCUT2D eigenvalue weighted by Gasteiger charge is 2.12. The molecule has 0 aliphatic rings. The van der Waals surface area contributed by atoms with Gasteiger partial charge in [-0.1, -0.05) is 66.6 Å². The number of ether oxygens (including phenoxy) is 1. The van der Waals surface area contributed by atoms with Crippen LogP contribution in [0.3, 0.4) is 0 Å². The second kappa shape index (κ2) is 9.71. The Labute approximate surface area is 190 Å². The predicted molar refractivity (Wildman–Crippen MR) is 133 cm³/mol. The molecule has 1 N–H and O–H groups in total. The third kappa shape index (κ3) is 5.01. The van der Waals surface area contributed by atoms with Crippen LogP contribution in [0.15, 0.2) is 97.1 Å². The molecule has 1 unspecified atom stereocenters. The Balaban J connectivity index is 1.63. The molecular weight excluding hydrogens is 394 g/mol. The number of benzene rings is 4. The third-order valence-electron chi connectivity index (χ3n) is 5.52. The van der Waals surface area contributed by atoms with E-state index >= 15 is 0 Å². The van der Waals surface area contributed by atoms with Gasteiger partial charge in [0.2, 0.25) is 0 Å². The Morgan fingerprint density at radius 1 is 0.625 bits per heavy atom. The fourth-order valence-corrected chi connectivity index (χ4v) is 3.60.